The molecule has 1 unspecified atom stereocenters. The van der Waals surface area contributed by atoms with Gasteiger partial charge < -0.3 is 5.11 Å². The topological polar surface area (TPSA) is 20.2 Å². The Bertz CT molecular complexity index is 368. The van der Waals surface area contributed by atoms with Gasteiger partial charge in [-0.2, -0.15) is 0 Å². The first kappa shape index (κ1) is 14.0. The highest BCUT2D eigenvalue weighted by molar-refractivity contribution is 5.28. The van der Waals surface area contributed by atoms with Crippen molar-refractivity contribution in [3.05, 3.63) is 47.5 Å². The van der Waals surface area contributed by atoms with Crippen molar-refractivity contribution in [1.82, 2.24) is 0 Å². The Labute approximate surface area is 105 Å². The molecule has 0 saturated carbocycles. The van der Waals surface area contributed by atoms with Crippen molar-refractivity contribution in [1.29, 1.82) is 0 Å². The first-order valence-electron chi connectivity index (χ1n) is 6.23. The highest BCUT2D eigenvalue weighted by Crippen LogP contribution is 2.25. The van der Waals surface area contributed by atoms with Crippen LogP contribution in [0.25, 0.3) is 0 Å². The van der Waals surface area contributed by atoms with Crippen LogP contribution in [0.2, 0.25) is 0 Å². The van der Waals surface area contributed by atoms with Crippen LogP contribution in [0.5, 0.6) is 0 Å². The Kier molecular flexibility index (Phi) is 4.53. The van der Waals surface area contributed by atoms with Crippen LogP contribution in [-0.2, 0) is 5.41 Å². The van der Waals surface area contributed by atoms with Gasteiger partial charge in [-0.25, -0.2) is 0 Å². The molecule has 0 heterocycles. The maximum absolute atomic E-state index is 10.0. The lowest BCUT2D eigenvalue weighted by Gasteiger charge is -2.20. The molecular weight excluding hydrogens is 208 g/mol. The van der Waals surface area contributed by atoms with E-state index in [-0.39, 0.29) is 11.5 Å². The minimum Gasteiger partial charge on any atom is -0.388 e. The van der Waals surface area contributed by atoms with E-state index in [1.54, 1.807) is 0 Å². The molecular formula is C16H24O. The van der Waals surface area contributed by atoms with Crippen molar-refractivity contribution in [2.24, 2.45) is 0 Å². The summed E-state index contributed by atoms with van der Waals surface area (Å²) in [6, 6.07) is 8.28. The van der Waals surface area contributed by atoms with Crippen molar-refractivity contribution < 1.29 is 5.11 Å². The largest absolute Gasteiger partial charge is 0.388 e. The molecule has 1 N–H and O–H groups in total. The maximum atomic E-state index is 10.0. The third kappa shape index (κ3) is 4.35. The van der Waals surface area contributed by atoms with Crippen LogP contribution in [0.15, 0.2) is 36.4 Å². The number of rotatable bonds is 4. The van der Waals surface area contributed by atoms with Crippen LogP contribution in [0.4, 0.5) is 0 Å². The van der Waals surface area contributed by atoms with Gasteiger partial charge in [0.1, 0.15) is 0 Å². The van der Waals surface area contributed by atoms with Gasteiger partial charge in [-0.15, -0.1) is 6.58 Å². The summed E-state index contributed by atoms with van der Waals surface area (Å²) in [7, 11) is 0. The SMILES string of the molecule is C=C(C)CCC(O)c1ccc(C(C)(C)C)cc1. The standard InChI is InChI=1S/C16H24O/c1-12(2)6-11-15(17)13-7-9-14(10-8-13)16(3,4)5/h7-10,15,17H,1,6,11H2,2-5H3. The van der Waals surface area contributed by atoms with Gasteiger partial charge in [0.15, 0.2) is 0 Å². The second-order valence-corrected chi connectivity index (χ2v) is 5.88. The van der Waals surface area contributed by atoms with E-state index in [9.17, 15) is 5.11 Å². The van der Waals surface area contributed by atoms with E-state index in [1.165, 1.54) is 5.56 Å². The Balaban J connectivity index is 2.70. The Morgan fingerprint density at radius 3 is 2.18 bits per heavy atom. The predicted octanol–water partition coefficient (Wildman–Crippen LogP) is 4.37. The molecule has 0 bridgehead atoms. The number of benzene rings is 1. The summed E-state index contributed by atoms with van der Waals surface area (Å²) in [6.07, 6.45) is 1.26. The van der Waals surface area contributed by atoms with Crippen molar-refractivity contribution in [3.8, 4) is 0 Å². The highest BCUT2D eigenvalue weighted by atomic mass is 16.3. The molecule has 0 saturated heterocycles. The molecule has 1 nitrogen and oxygen atoms in total. The third-order valence-corrected chi connectivity index (χ3v) is 3.01. The molecule has 1 aromatic carbocycles. The Morgan fingerprint density at radius 2 is 1.76 bits per heavy atom. The number of allylic oxidation sites excluding steroid dienone is 1. The van der Waals surface area contributed by atoms with Crippen molar-refractivity contribution in [2.45, 2.75) is 52.1 Å². The number of aliphatic hydroxyl groups is 1. The normalized spacial score (nSPS) is 13.5. The molecule has 1 aromatic rings. The monoisotopic (exact) mass is 232 g/mol. The molecule has 0 aliphatic heterocycles. The summed E-state index contributed by atoms with van der Waals surface area (Å²) in [5.41, 5.74) is 3.59. The van der Waals surface area contributed by atoms with Gasteiger partial charge in [-0.05, 0) is 36.3 Å². The van der Waals surface area contributed by atoms with E-state index >= 15 is 0 Å². The fourth-order valence-electron chi connectivity index (χ4n) is 1.76. The summed E-state index contributed by atoms with van der Waals surface area (Å²) in [4.78, 5) is 0. The molecule has 0 radical (unpaired) electrons. The minimum atomic E-state index is -0.374. The molecule has 0 aliphatic rings. The first-order valence-corrected chi connectivity index (χ1v) is 6.23. The van der Waals surface area contributed by atoms with Crippen molar-refractivity contribution >= 4 is 0 Å². The molecule has 0 aromatic heterocycles. The Hall–Kier alpha value is -1.08. The second kappa shape index (κ2) is 5.50. The average Bonchev–Trinajstić information content (AvgIpc) is 2.25. The zero-order valence-electron chi connectivity index (χ0n) is 11.5. The third-order valence-electron chi connectivity index (χ3n) is 3.01. The van der Waals surface area contributed by atoms with Gasteiger partial charge >= 0.3 is 0 Å². The molecule has 0 aliphatic carbocycles. The smallest absolute Gasteiger partial charge is 0.0793 e. The first-order chi connectivity index (χ1) is 7.80. The van der Waals surface area contributed by atoms with Crippen molar-refractivity contribution in [2.75, 3.05) is 0 Å². The molecule has 0 spiro atoms. The number of hydrogen-bond acceptors (Lipinski definition) is 1. The number of hydrogen-bond donors (Lipinski definition) is 1. The van der Waals surface area contributed by atoms with Crippen LogP contribution in [0.1, 0.15) is 57.8 Å². The molecule has 0 amide bonds. The quantitative estimate of drug-likeness (QED) is 0.764. The Morgan fingerprint density at radius 1 is 1.24 bits per heavy atom. The fourth-order valence-corrected chi connectivity index (χ4v) is 1.76. The van der Waals surface area contributed by atoms with Crippen LogP contribution in [0, 0.1) is 0 Å². The lowest BCUT2D eigenvalue weighted by atomic mass is 9.86. The molecule has 17 heavy (non-hydrogen) atoms. The average molecular weight is 232 g/mol. The van der Waals surface area contributed by atoms with Gasteiger partial charge in [0.2, 0.25) is 0 Å². The zero-order chi connectivity index (χ0) is 13.1. The van der Waals surface area contributed by atoms with Gasteiger partial charge in [-0.1, -0.05) is 50.6 Å². The fraction of sp³-hybridized carbons (Fsp3) is 0.500. The molecule has 1 rings (SSSR count). The van der Waals surface area contributed by atoms with Gasteiger partial charge in [0, 0.05) is 0 Å². The van der Waals surface area contributed by atoms with Gasteiger partial charge in [-0.3, -0.25) is 0 Å². The maximum Gasteiger partial charge on any atom is 0.0793 e. The van der Waals surface area contributed by atoms with E-state index in [1.807, 2.05) is 19.1 Å². The molecule has 94 valence electrons. The minimum absolute atomic E-state index is 0.168. The van der Waals surface area contributed by atoms with Gasteiger partial charge in [0.25, 0.3) is 0 Å². The lowest BCUT2D eigenvalue weighted by molar-refractivity contribution is 0.168. The van der Waals surface area contributed by atoms with E-state index < -0.39 is 0 Å². The molecule has 1 heteroatoms. The van der Waals surface area contributed by atoms with Gasteiger partial charge in [0.05, 0.1) is 6.10 Å². The summed E-state index contributed by atoms with van der Waals surface area (Å²) in [6.45, 7) is 12.4. The van der Waals surface area contributed by atoms with E-state index in [4.69, 9.17) is 0 Å². The van der Waals surface area contributed by atoms with Crippen LogP contribution < -0.4 is 0 Å². The lowest BCUT2D eigenvalue weighted by Crippen LogP contribution is -2.11. The predicted molar refractivity (Wildman–Crippen MR) is 74.1 cm³/mol. The van der Waals surface area contributed by atoms with E-state index in [0.29, 0.717) is 0 Å². The van der Waals surface area contributed by atoms with Crippen LogP contribution >= 0.6 is 0 Å². The summed E-state index contributed by atoms with van der Waals surface area (Å²) in [5.74, 6) is 0. The summed E-state index contributed by atoms with van der Waals surface area (Å²) in [5, 5.41) is 10.0. The highest BCUT2D eigenvalue weighted by Gasteiger charge is 2.14. The molecule has 0 fully saturated rings. The van der Waals surface area contributed by atoms with Crippen molar-refractivity contribution in [3.63, 3.8) is 0 Å². The van der Waals surface area contributed by atoms with E-state index in [2.05, 4.69) is 39.5 Å². The number of aliphatic hydroxyl groups excluding tert-OH is 1. The van der Waals surface area contributed by atoms with E-state index in [0.717, 1.165) is 24.0 Å². The zero-order valence-corrected chi connectivity index (χ0v) is 11.5. The summed E-state index contributed by atoms with van der Waals surface area (Å²) >= 11 is 0. The van der Waals surface area contributed by atoms with Crippen LogP contribution in [0.3, 0.4) is 0 Å². The molecule has 1 atom stereocenters. The second-order valence-electron chi connectivity index (χ2n) is 5.88. The van der Waals surface area contributed by atoms with Crippen LogP contribution in [-0.4, -0.2) is 5.11 Å². The summed E-state index contributed by atoms with van der Waals surface area (Å²) < 4.78 is 0.